The molecular formula is C18H22F3IO3. The fourth-order valence-corrected chi connectivity index (χ4v) is 5.90. The number of hydrogen-bond acceptors (Lipinski definition) is 3. The van der Waals surface area contributed by atoms with Crippen molar-refractivity contribution in [3.05, 3.63) is 29.8 Å². The van der Waals surface area contributed by atoms with Gasteiger partial charge in [0.2, 0.25) is 0 Å². The predicted octanol–water partition coefficient (Wildman–Crippen LogP) is 5.25. The monoisotopic (exact) mass is 470 g/mol. The first-order valence-electron chi connectivity index (χ1n) is 8.35. The van der Waals surface area contributed by atoms with Crippen LogP contribution in [0.15, 0.2) is 24.3 Å². The molecule has 2 saturated heterocycles. The molecule has 0 N–H and O–H groups in total. The van der Waals surface area contributed by atoms with Crippen LogP contribution < -0.4 is 4.74 Å². The van der Waals surface area contributed by atoms with Gasteiger partial charge in [-0.2, -0.15) is 0 Å². The highest BCUT2D eigenvalue weighted by molar-refractivity contribution is 14.1. The van der Waals surface area contributed by atoms with Crippen molar-refractivity contribution >= 4 is 22.6 Å². The standard InChI is InChI=1S/C18H22F3IO3/c1-11(2)17-9-15(16(3,25-17)8-14(17)22)23-10-12-6-4-5-7-13(12)24-18(19,20)21/h4-7,11,14-15H,8-10H2,1-3H3/t14-,15+,16-,17+/m1/s1. The molecule has 0 unspecified atom stereocenters. The van der Waals surface area contributed by atoms with Gasteiger partial charge in [0.25, 0.3) is 0 Å². The average Bonchev–Trinajstić information content (AvgIpc) is 2.93. The van der Waals surface area contributed by atoms with Gasteiger partial charge in [0.15, 0.2) is 0 Å². The summed E-state index contributed by atoms with van der Waals surface area (Å²) < 4.78 is 54.6. The lowest BCUT2D eigenvalue weighted by Gasteiger charge is -2.35. The van der Waals surface area contributed by atoms with Crippen LogP contribution in [0.1, 0.15) is 39.2 Å². The molecular weight excluding hydrogens is 448 g/mol. The van der Waals surface area contributed by atoms with Gasteiger partial charge in [-0.1, -0.05) is 54.6 Å². The lowest BCUT2D eigenvalue weighted by atomic mass is 9.75. The second-order valence-electron chi connectivity index (χ2n) is 7.36. The average molecular weight is 470 g/mol. The molecule has 2 heterocycles. The molecule has 25 heavy (non-hydrogen) atoms. The Morgan fingerprint density at radius 2 is 1.96 bits per heavy atom. The quantitative estimate of drug-likeness (QED) is 0.435. The number of alkyl halides is 4. The van der Waals surface area contributed by atoms with Crippen molar-refractivity contribution in [1.82, 2.24) is 0 Å². The van der Waals surface area contributed by atoms with Crippen LogP contribution in [0.25, 0.3) is 0 Å². The molecule has 0 aliphatic carbocycles. The van der Waals surface area contributed by atoms with Crippen LogP contribution in [0.5, 0.6) is 5.75 Å². The van der Waals surface area contributed by atoms with Crippen molar-refractivity contribution < 1.29 is 27.4 Å². The van der Waals surface area contributed by atoms with E-state index >= 15 is 0 Å². The van der Waals surface area contributed by atoms with Gasteiger partial charge in [-0.25, -0.2) is 0 Å². The van der Waals surface area contributed by atoms with E-state index in [9.17, 15) is 13.2 Å². The molecule has 0 amide bonds. The fourth-order valence-electron chi connectivity index (χ4n) is 3.93. The van der Waals surface area contributed by atoms with Crippen LogP contribution >= 0.6 is 22.6 Å². The predicted molar refractivity (Wildman–Crippen MR) is 95.8 cm³/mol. The molecule has 2 aliphatic rings. The maximum atomic E-state index is 12.5. The van der Waals surface area contributed by atoms with Gasteiger partial charge < -0.3 is 14.2 Å². The van der Waals surface area contributed by atoms with Crippen LogP contribution in [0.4, 0.5) is 13.2 Å². The molecule has 1 aromatic rings. The first-order chi connectivity index (χ1) is 11.6. The molecule has 1 aromatic carbocycles. The Labute approximate surface area is 159 Å². The number of fused-ring (bicyclic) bond motifs is 2. The Hall–Kier alpha value is -0.540. The van der Waals surface area contributed by atoms with E-state index in [0.717, 1.165) is 12.8 Å². The Morgan fingerprint density at radius 3 is 2.56 bits per heavy atom. The van der Waals surface area contributed by atoms with E-state index < -0.39 is 12.0 Å². The van der Waals surface area contributed by atoms with Crippen LogP contribution in [0.3, 0.4) is 0 Å². The van der Waals surface area contributed by atoms with Crippen LogP contribution in [0.2, 0.25) is 0 Å². The first kappa shape index (κ1) is 19.2. The number of benzene rings is 1. The molecule has 7 heteroatoms. The van der Waals surface area contributed by atoms with E-state index in [2.05, 4.69) is 41.2 Å². The van der Waals surface area contributed by atoms with E-state index in [1.165, 1.54) is 12.1 Å². The zero-order chi connectivity index (χ0) is 18.5. The molecule has 0 spiro atoms. The van der Waals surface area contributed by atoms with E-state index in [1.807, 2.05) is 6.92 Å². The number of halogens is 4. The zero-order valence-corrected chi connectivity index (χ0v) is 16.6. The second kappa shape index (κ2) is 6.56. The van der Waals surface area contributed by atoms with Crippen molar-refractivity contribution in [1.29, 1.82) is 0 Å². The van der Waals surface area contributed by atoms with E-state index in [-0.39, 0.29) is 24.1 Å². The summed E-state index contributed by atoms with van der Waals surface area (Å²) in [5.41, 5.74) is -0.228. The third-order valence-corrected chi connectivity index (χ3v) is 6.83. The van der Waals surface area contributed by atoms with E-state index in [4.69, 9.17) is 9.47 Å². The minimum Gasteiger partial charge on any atom is -0.405 e. The highest BCUT2D eigenvalue weighted by atomic mass is 127. The largest absolute Gasteiger partial charge is 0.573 e. The normalized spacial score (nSPS) is 34.7. The van der Waals surface area contributed by atoms with E-state index in [0.29, 0.717) is 15.4 Å². The molecule has 2 bridgehead atoms. The minimum atomic E-state index is -4.71. The number of rotatable bonds is 5. The zero-order valence-electron chi connectivity index (χ0n) is 14.4. The fraction of sp³-hybridized carbons (Fsp3) is 0.667. The summed E-state index contributed by atoms with van der Waals surface area (Å²) in [4.78, 5) is 0. The maximum absolute atomic E-state index is 12.5. The van der Waals surface area contributed by atoms with Gasteiger partial charge in [0, 0.05) is 15.9 Å². The summed E-state index contributed by atoms with van der Waals surface area (Å²) in [6, 6.07) is 6.09. The van der Waals surface area contributed by atoms with Gasteiger partial charge in [-0.15, -0.1) is 13.2 Å². The Kier molecular flexibility index (Phi) is 5.05. The molecule has 140 valence electrons. The lowest BCUT2D eigenvalue weighted by Crippen LogP contribution is -2.44. The summed E-state index contributed by atoms with van der Waals surface area (Å²) in [7, 11) is 0. The van der Waals surface area contributed by atoms with E-state index in [1.54, 1.807) is 12.1 Å². The molecule has 0 saturated carbocycles. The summed E-state index contributed by atoms with van der Waals surface area (Å²) in [6.45, 7) is 6.40. The van der Waals surface area contributed by atoms with Crippen molar-refractivity contribution in [3.8, 4) is 5.75 Å². The molecule has 2 fully saturated rings. The molecule has 4 atom stereocenters. The number of hydrogen-bond donors (Lipinski definition) is 0. The Bertz CT molecular complexity index is 636. The molecule has 0 aromatic heterocycles. The van der Waals surface area contributed by atoms with Crippen molar-refractivity contribution in [3.63, 3.8) is 0 Å². The third-order valence-electron chi connectivity index (χ3n) is 5.34. The highest BCUT2D eigenvalue weighted by Crippen LogP contribution is 2.57. The highest BCUT2D eigenvalue weighted by Gasteiger charge is 2.65. The second-order valence-corrected chi connectivity index (χ2v) is 8.86. The number of para-hydroxylation sites is 1. The van der Waals surface area contributed by atoms with Gasteiger partial charge >= 0.3 is 6.36 Å². The van der Waals surface area contributed by atoms with Gasteiger partial charge in [0.05, 0.1) is 23.9 Å². The Balaban J connectivity index is 1.72. The smallest absolute Gasteiger partial charge is 0.405 e. The summed E-state index contributed by atoms with van der Waals surface area (Å²) in [5.74, 6) is 0.139. The van der Waals surface area contributed by atoms with Crippen LogP contribution in [-0.4, -0.2) is 27.6 Å². The lowest BCUT2D eigenvalue weighted by molar-refractivity contribution is -0.275. The molecule has 2 aliphatic heterocycles. The van der Waals surface area contributed by atoms with Gasteiger partial charge in [0.1, 0.15) is 5.75 Å². The summed E-state index contributed by atoms with van der Waals surface area (Å²) >= 11 is 2.45. The summed E-state index contributed by atoms with van der Waals surface area (Å²) in [5, 5.41) is 0. The first-order valence-corrected chi connectivity index (χ1v) is 9.60. The third kappa shape index (κ3) is 3.64. The van der Waals surface area contributed by atoms with Gasteiger partial charge in [-0.3, -0.25) is 0 Å². The molecule has 0 radical (unpaired) electrons. The summed E-state index contributed by atoms with van der Waals surface area (Å²) in [6.07, 6.45) is -3.21. The molecule has 3 rings (SSSR count). The SMILES string of the molecule is CC(C)[C@@]12C[C@H](OCc3ccccc3OC(F)(F)F)[C@@](C)(C[C@H]1I)O2. The van der Waals surface area contributed by atoms with Crippen LogP contribution in [0, 0.1) is 5.92 Å². The minimum absolute atomic E-state index is 0.0654. The molecule has 3 nitrogen and oxygen atoms in total. The van der Waals surface area contributed by atoms with Crippen molar-refractivity contribution in [2.45, 2.75) is 67.8 Å². The van der Waals surface area contributed by atoms with Crippen molar-refractivity contribution in [2.24, 2.45) is 5.92 Å². The topological polar surface area (TPSA) is 27.7 Å². The van der Waals surface area contributed by atoms with Crippen LogP contribution in [-0.2, 0) is 16.1 Å². The van der Waals surface area contributed by atoms with Crippen molar-refractivity contribution in [2.75, 3.05) is 0 Å². The van der Waals surface area contributed by atoms with Gasteiger partial charge in [-0.05, 0) is 25.3 Å². The maximum Gasteiger partial charge on any atom is 0.573 e. The number of ether oxygens (including phenoxy) is 3. The Morgan fingerprint density at radius 1 is 1.28 bits per heavy atom.